The van der Waals surface area contributed by atoms with Crippen molar-refractivity contribution in [2.45, 2.75) is 31.1 Å². The van der Waals surface area contributed by atoms with Crippen molar-refractivity contribution in [1.82, 2.24) is 8.96 Å². The largest absolute Gasteiger partial charge is 0.295 e. The molecule has 1 atom stereocenters. The lowest BCUT2D eigenvalue weighted by atomic mass is 9.77. The van der Waals surface area contributed by atoms with Crippen LogP contribution in [0.5, 0.6) is 0 Å². The number of imidazole rings is 1. The van der Waals surface area contributed by atoms with Crippen LogP contribution >= 0.6 is 0 Å². The normalized spacial score (nSPS) is 16.8. The van der Waals surface area contributed by atoms with Gasteiger partial charge in [-0.25, -0.2) is 17.4 Å². The van der Waals surface area contributed by atoms with Gasteiger partial charge in [-0.05, 0) is 55.0 Å². The average molecular weight is 395 g/mol. The van der Waals surface area contributed by atoms with Crippen LogP contribution in [0.3, 0.4) is 0 Å². The van der Waals surface area contributed by atoms with Crippen LogP contribution in [-0.2, 0) is 21.2 Å². The Morgan fingerprint density at radius 1 is 1.25 bits per heavy atom. The molecule has 1 N–H and O–H groups in total. The fourth-order valence-electron chi connectivity index (χ4n) is 3.49. The standard InChI is InChI=1S/C21H21N3O3S/c1-14-8-10-17(14)12-16-9-11-20-19(13-16)23-21(22-15(2)25)24(20)28(26,27)18-6-4-3-5-7-18/h3-7,9,11,13,17H,1,8,10,12H2,2H3,(H,22,23,25). The van der Waals surface area contributed by atoms with E-state index in [-0.39, 0.29) is 16.8 Å². The van der Waals surface area contributed by atoms with E-state index in [1.807, 2.05) is 12.1 Å². The lowest BCUT2D eigenvalue weighted by molar-refractivity contribution is -0.114. The number of carbonyl (C=O) groups is 1. The molecule has 0 aliphatic heterocycles. The minimum atomic E-state index is -3.91. The Balaban J connectivity index is 1.83. The molecule has 144 valence electrons. The zero-order valence-electron chi connectivity index (χ0n) is 15.6. The van der Waals surface area contributed by atoms with Gasteiger partial charge in [0.2, 0.25) is 11.9 Å². The molecule has 7 heteroatoms. The quantitative estimate of drug-likeness (QED) is 0.667. The molecule has 1 aromatic heterocycles. The van der Waals surface area contributed by atoms with E-state index in [1.54, 1.807) is 24.3 Å². The van der Waals surface area contributed by atoms with Gasteiger partial charge in [0, 0.05) is 6.92 Å². The number of amides is 1. The Morgan fingerprint density at radius 2 is 2.00 bits per heavy atom. The van der Waals surface area contributed by atoms with E-state index in [9.17, 15) is 13.2 Å². The van der Waals surface area contributed by atoms with Crippen molar-refractivity contribution in [2.24, 2.45) is 5.92 Å². The van der Waals surface area contributed by atoms with Crippen LogP contribution < -0.4 is 5.32 Å². The number of rotatable bonds is 5. The molecule has 1 amide bonds. The topological polar surface area (TPSA) is 81.1 Å². The van der Waals surface area contributed by atoms with E-state index in [1.165, 1.54) is 24.6 Å². The van der Waals surface area contributed by atoms with Crippen molar-refractivity contribution in [2.75, 3.05) is 5.32 Å². The number of allylic oxidation sites excluding steroid dienone is 1. The molecule has 0 saturated heterocycles. The van der Waals surface area contributed by atoms with Gasteiger partial charge < -0.3 is 0 Å². The van der Waals surface area contributed by atoms with Crippen molar-refractivity contribution >= 4 is 32.9 Å². The first kappa shape index (κ1) is 18.4. The van der Waals surface area contributed by atoms with E-state index in [2.05, 4.69) is 16.9 Å². The number of fused-ring (bicyclic) bond motifs is 1. The molecule has 2 aromatic carbocycles. The summed E-state index contributed by atoms with van der Waals surface area (Å²) in [6.07, 6.45) is 3.07. The summed E-state index contributed by atoms with van der Waals surface area (Å²) in [5, 5.41) is 2.55. The molecule has 1 aliphatic rings. The summed E-state index contributed by atoms with van der Waals surface area (Å²) < 4.78 is 27.6. The molecule has 0 bridgehead atoms. The van der Waals surface area contributed by atoms with Crippen LogP contribution in [0.4, 0.5) is 5.95 Å². The highest BCUT2D eigenvalue weighted by Crippen LogP contribution is 2.35. The van der Waals surface area contributed by atoms with E-state index in [4.69, 9.17) is 0 Å². The first-order valence-electron chi connectivity index (χ1n) is 9.13. The minimum Gasteiger partial charge on any atom is -0.295 e. The summed E-state index contributed by atoms with van der Waals surface area (Å²) in [4.78, 5) is 16.2. The molecule has 1 heterocycles. The number of hydrogen-bond donors (Lipinski definition) is 1. The number of benzene rings is 2. The Bertz CT molecular complexity index is 1180. The van der Waals surface area contributed by atoms with E-state index in [0.717, 1.165) is 28.8 Å². The van der Waals surface area contributed by atoms with Crippen molar-refractivity contribution < 1.29 is 13.2 Å². The third kappa shape index (κ3) is 3.22. The number of anilines is 1. The summed E-state index contributed by atoms with van der Waals surface area (Å²) in [7, 11) is -3.91. The summed E-state index contributed by atoms with van der Waals surface area (Å²) in [6.45, 7) is 5.40. The van der Waals surface area contributed by atoms with Gasteiger partial charge in [0.15, 0.2) is 0 Å². The number of carbonyl (C=O) groups excluding carboxylic acids is 1. The predicted octanol–water partition coefficient (Wildman–Crippen LogP) is 3.74. The van der Waals surface area contributed by atoms with Crippen molar-refractivity contribution in [1.29, 1.82) is 0 Å². The maximum Gasteiger partial charge on any atom is 0.271 e. The predicted molar refractivity (Wildman–Crippen MR) is 109 cm³/mol. The van der Waals surface area contributed by atoms with Crippen molar-refractivity contribution in [3.05, 3.63) is 66.2 Å². The van der Waals surface area contributed by atoms with E-state index >= 15 is 0 Å². The summed E-state index contributed by atoms with van der Waals surface area (Å²) in [5.74, 6) is 0.0877. The Morgan fingerprint density at radius 3 is 2.61 bits per heavy atom. The van der Waals surface area contributed by atoms with E-state index in [0.29, 0.717) is 17.0 Å². The van der Waals surface area contributed by atoms with Gasteiger partial charge in [-0.2, -0.15) is 0 Å². The fraction of sp³-hybridized carbons (Fsp3) is 0.238. The number of nitrogens with zero attached hydrogens (tertiary/aromatic N) is 2. The van der Waals surface area contributed by atoms with Crippen molar-refractivity contribution in [3.8, 4) is 0 Å². The second kappa shape index (κ2) is 6.91. The smallest absolute Gasteiger partial charge is 0.271 e. The lowest BCUT2D eigenvalue weighted by Crippen LogP contribution is -2.18. The zero-order chi connectivity index (χ0) is 19.9. The number of aromatic nitrogens is 2. The molecule has 0 spiro atoms. The molecule has 1 unspecified atom stereocenters. The molecule has 6 nitrogen and oxygen atoms in total. The molecular weight excluding hydrogens is 374 g/mol. The van der Waals surface area contributed by atoms with E-state index < -0.39 is 10.0 Å². The van der Waals surface area contributed by atoms with Crippen LogP contribution in [0.25, 0.3) is 11.0 Å². The lowest BCUT2D eigenvalue weighted by Gasteiger charge is -2.28. The van der Waals surface area contributed by atoms with Crippen LogP contribution in [0.15, 0.2) is 65.6 Å². The van der Waals surface area contributed by atoms with Gasteiger partial charge in [0.1, 0.15) is 0 Å². The number of nitrogens with one attached hydrogen (secondary N) is 1. The van der Waals surface area contributed by atoms with Crippen LogP contribution in [-0.4, -0.2) is 23.3 Å². The van der Waals surface area contributed by atoms with Gasteiger partial charge in [0.05, 0.1) is 15.9 Å². The average Bonchev–Trinajstić information content (AvgIpc) is 3.02. The molecule has 0 radical (unpaired) electrons. The fourth-order valence-corrected chi connectivity index (χ4v) is 4.93. The van der Waals surface area contributed by atoms with Crippen LogP contribution in [0.2, 0.25) is 0 Å². The summed E-state index contributed by atoms with van der Waals surface area (Å²) >= 11 is 0. The molecule has 28 heavy (non-hydrogen) atoms. The molecule has 1 aliphatic carbocycles. The van der Waals surface area contributed by atoms with Gasteiger partial charge >= 0.3 is 0 Å². The van der Waals surface area contributed by atoms with Gasteiger partial charge in [-0.3, -0.25) is 10.1 Å². The third-order valence-electron chi connectivity index (χ3n) is 5.12. The molecule has 1 fully saturated rings. The van der Waals surface area contributed by atoms with Gasteiger partial charge in [-0.15, -0.1) is 0 Å². The maximum absolute atomic E-state index is 13.2. The first-order chi connectivity index (χ1) is 13.4. The van der Waals surface area contributed by atoms with Crippen LogP contribution in [0, 0.1) is 5.92 Å². The Labute approximate surface area is 164 Å². The Hall–Kier alpha value is -2.93. The highest BCUT2D eigenvalue weighted by molar-refractivity contribution is 7.90. The summed E-state index contributed by atoms with van der Waals surface area (Å²) in [5.41, 5.74) is 3.31. The molecule has 1 saturated carbocycles. The maximum atomic E-state index is 13.2. The first-order valence-corrected chi connectivity index (χ1v) is 10.6. The highest BCUT2D eigenvalue weighted by atomic mass is 32.2. The number of hydrogen-bond acceptors (Lipinski definition) is 4. The molecular formula is C21H21N3O3S. The summed E-state index contributed by atoms with van der Waals surface area (Å²) in [6, 6.07) is 13.7. The highest BCUT2D eigenvalue weighted by Gasteiger charge is 2.26. The second-order valence-electron chi connectivity index (χ2n) is 7.12. The third-order valence-corrected chi connectivity index (χ3v) is 6.84. The molecule has 4 rings (SSSR count). The van der Waals surface area contributed by atoms with Crippen molar-refractivity contribution in [3.63, 3.8) is 0 Å². The minimum absolute atomic E-state index is 0.00319. The zero-order valence-corrected chi connectivity index (χ0v) is 16.4. The second-order valence-corrected chi connectivity index (χ2v) is 8.91. The van der Waals surface area contributed by atoms with Crippen LogP contribution in [0.1, 0.15) is 25.3 Å². The monoisotopic (exact) mass is 395 g/mol. The SMILES string of the molecule is C=C1CCC1Cc1ccc2c(c1)nc(NC(C)=O)n2S(=O)(=O)c1ccccc1. The molecule has 3 aromatic rings. The Kier molecular flexibility index (Phi) is 4.55. The van der Waals surface area contributed by atoms with Gasteiger partial charge in [-0.1, -0.05) is 36.4 Å². The van der Waals surface area contributed by atoms with Gasteiger partial charge in [0.25, 0.3) is 10.0 Å².